The molecule has 0 aliphatic carbocycles. The van der Waals surface area contributed by atoms with Gasteiger partial charge >= 0.3 is 5.97 Å². The van der Waals surface area contributed by atoms with Gasteiger partial charge in [-0.15, -0.1) is 0 Å². The smallest absolute Gasteiger partial charge is 0.326 e. The molecule has 0 spiro atoms. The number of thiol groups is 2. The lowest BCUT2D eigenvalue weighted by atomic mass is 9.98. The molecule has 2 rings (SSSR count). The first kappa shape index (κ1) is 99.7. The Morgan fingerprint density at radius 2 is 0.763 bits per heavy atom. The van der Waals surface area contributed by atoms with E-state index in [1.165, 1.54) is 62.4 Å². The van der Waals surface area contributed by atoms with E-state index < -0.39 is 190 Å². The number of hydrogen-bond donors (Lipinski definition) is 30. The van der Waals surface area contributed by atoms with E-state index in [1.54, 1.807) is 0 Å². The van der Waals surface area contributed by atoms with Crippen LogP contribution in [0.5, 0.6) is 11.5 Å². The zero-order valence-corrected chi connectivity index (χ0v) is 66.4. The number of primary amides is 1. The molecule has 114 heavy (non-hydrogen) atoms. The Labute approximate surface area is 671 Å². The van der Waals surface area contributed by atoms with Gasteiger partial charge < -0.3 is 141 Å². The van der Waals surface area contributed by atoms with Crippen molar-refractivity contribution in [2.75, 3.05) is 45.0 Å². The Balaban J connectivity index is 2.44. The van der Waals surface area contributed by atoms with Crippen molar-refractivity contribution in [3.05, 3.63) is 59.7 Å². The summed E-state index contributed by atoms with van der Waals surface area (Å²) in [5.74, 6) is -16.2. The van der Waals surface area contributed by atoms with Crippen molar-refractivity contribution in [3.8, 4) is 11.5 Å². The number of carboxylic acids is 1. The minimum atomic E-state index is -1.92. The van der Waals surface area contributed by atoms with E-state index in [0.29, 0.717) is 17.5 Å². The second-order valence-corrected chi connectivity index (χ2v) is 29.6. The summed E-state index contributed by atoms with van der Waals surface area (Å²) in [4.78, 5) is 195. The molecule has 638 valence electrons. The number of hydrogen-bond acceptors (Lipinski definition) is 26. The number of aliphatic hydroxyl groups is 1. The molecule has 0 radical (unpaired) electrons. The average molecular weight is 1650 g/mol. The fourth-order valence-corrected chi connectivity index (χ4v) is 11.6. The summed E-state index contributed by atoms with van der Waals surface area (Å²) in [6, 6.07) is -9.00. The molecule has 0 saturated carbocycles. The molecular weight excluding hydrogens is 1530 g/mol. The van der Waals surface area contributed by atoms with Gasteiger partial charge in [0.1, 0.15) is 84.0 Å². The number of aliphatic carboxylic acids is 1. The Bertz CT molecular complexity index is 3540. The molecule has 0 fully saturated rings. The summed E-state index contributed by atoms with van der Waals surface area (Å²) in [6.07, 6.45) is -3.66. The zero-order chi connectivity index (χ0) is 86.1. The number of carbonyl (C=O) groups excluding carboxylic acids is 13. The predicted molar refractivity (Wildman–Crippen MR) is 426 cm³/mol. The minimum absolute atomic E-state index is 0.00997. The van der Waals surface area contributed by atoms with Gasteiger partial charge in [0.25, 0.3) is 0 Å². The highest BCUT2D eigenvalue weighted by Crippen LogP contribution is 2.21. The van der Waals surface area contributed by atoms with Crippen molar-refractivity contribution in [1.29, 1.82) is 10.8 Å². The number of nitrogens with one attached hydrogen (secondary N) is 16. The molecule has 36 N–H and O–H groups in total. The zero-order valence-electron chi connectivity index (χ0n) is 64.6. The van der Waals surface area contributed by atoms with Gasteiger partial charge in [-0.1, -0.05) is 38.1 Å². The van der Waals surface area contributed by atoms with Gasteiger partial charge in [0.05, 0.1) is 18.6 Å². The van der Waals surface area contributed by atoms with Gasteiger partial charge in [0.15, 0.2) is 11.9 Å². The molecule has 0 bridgehead atoms. The Morgan fingerprint density at radius 1 is 0.430 bits per heavy atom. The lowest BCUT2D eigenvalue weighted by Gasteiger charge is -2.33. The molecule has 2 aromatic rings. The summed E-state index contributed by atoms with van der Waals surface area (Å²) in [5, 5.41) is 90.6. The molecule has 2 aromatic carbocycles. The summed E-state index contributed by atoms with van der Waals surface area (Å²) >= 11 is 8.82. The van der Waals surface area contributed by atoms with Crippen molar-refractivity contribution in [1.82, 2.24) is 74.4 Å². The van der Waals surface area contributed by atoms with E-state index in [2.05, 4.69) is 99.7 Å². The average Bonchev–Trinajstić information content (AvgIpc) is 0.830. The number of guanidine groups is 2. The summed E-state index contributed by atoms with van der Waals surface area (Å²) in [5.41, 5.74) is 47.0. The SMILES string of the molecule is CC(C)C[C@H](N)C(=O)N[C@@H](Cc1ccc(O)cc1)C(=O)N[C@H](C(=O)N[C@@H](CC(N)=O)C(=O)N[C@@H](CCCNC(=N)N)C(=O)N[C@@H](CCN)C(=O)N[C@H](C(=O)N[C@H](CCN)C(=O)N[C@@H](CCCCN)C(=O)N[C@@H](CS)C(=O)N[C@@H](CCN)C(=O)N[C@@H](CCCNC(=N)N)C(=O)N[C@@H](Cc1ccc(O)cc1)C(=O)O)[C@@H](C)O)C(C)(C)S. The van der Waals surface area contributed by atoms with Crippen LogP contribution in [0.15, 0.2) is 48.5 Å². The predicted octanol–water partition coefficient (Wildman–Crippen LogP) is -8.25. The van der Waals surface area contributed by atoms with Gasteiger partial charge in [0.2, 0.25) is 76.8 Å². The first-order valence-corrected chi connectivity index (χ1v) is 38.1. The monoisotopic (exact) mass is 1650 g/mol. The Kier molecular flexibility index (Phi) is 44.9. The number of phenolic OH excluding ortho intramolecular Hbond substituents is 2. The van der Waals surface area contributed by atoms with Crippen molar-refractivity contribution in [3.63, 3.8) is 0 Å². The third kappa shape index (κ3) is 37.5. The van der Waals surface area contributed by atoms with Crippen LogP contribution in [0.3, 0.4) is 0 Å². The number of rotatable bonds is 54. The van der Waals surface area contributed by atoms with Gasteiger partial charge in [-0.05, 0) is 159 Å². The van der Waals surface area contributed by atoms with Crippen molar-refractivity contribution in [2.45, 2.75) is 214 Å². The number of unbranched alkanes of at least 4 members (excludes halogenated alkanes) is 1. The number of aliphatic hydroxyl groups excluding tert-OH is 1. The van der Waals surface area contributed by atoms with Crippen molar-refractivity contribution >= 4 is 120 Å². The van der Waals surface area contributed by atoms with Crippen LogP contribution < -0.4 is 120 Å². The van der Waals surface area contributed by atoms with E-state index >= 15 is 0 Å². The largest absolute Gasteiger partial charge is 0.508 e. The molecule has 42 nitrogen and oxygen atoms in total. The van der Waals surface area contributed by atoms with E-state index in [0.717, 1.165) is 6.92 Å². The maximum absolute atomic E-state index is 14.4. The topological polar surface area (TPSA) is 744 Å². The van der Waals surface area contributed by atoms with Crippen molar-refractivity contribution < 1.29 is 87.5 Å². The normalized spacial score (nSPS) is 14.9. The second-order valence-electron chi connectivity index (χ2n) is 28.1. The minimum Gasteiger partial charge on any atom is -0.508 e. The van der Waals surface area contributed by atoms with Crippen molar-refractivity contribution in [2.24, 2.45) is 51.8 Å². The second kappa shape index (κ2) is 51.4. The number of carboxylic acid groups (broad SMARTS) is 1. The third-order valence-corrected chi connectivity index (χ3v) is 17.9. The molecule has 0 aliphatic heterocycles. The van der Waals surface area contributed by atoms with Gasteiger partial charge in [-0.25, -0.2) is 4.79 Å². The molecule has 0 unspecified atom stereocenters. The Morgan fingerprint density at radius 3 is 1.12 bits per heavy atom. The van der Waals surface area contributed by atoms with E-state index in [1.807, 2.05) is 13.8 Å². The maximum Gasteiger partial charge on any atom is 0.326 e. The number of carbonyl (C=O) groups is 14. The fraction of sp³-hybridized carbons (Fsp3) is 0.600. The first-order chi connectivity index (χ1) is 53.6. The number of phenols is 2. The maximum atomic E-state index is 14.4. The van der Waals surface area contributed by atoms with Crippen LogP contribution >= 0.6 is 25.3 Å². The third-order valence-electron chi connectivity index (χ3n) is 17.3. The summed E-state index contributed by atoms with van der Waals surface area (Å²) < 4.78 is -1.47. The van der Waals surface area contributed by atoms with Crippen LogP contribution in [-0.4, -0.2) is 250 Å². The fourth-order valence-electron chi connectivity index (χ4n) is 11.2. The lowest BCUT2D eigenvalue weighted by molar-refractivity contribution is -0.142. The summed E-state index contributed by atoms with van der Waals surface area (Å²) in [6.45, 7) is 6.98. The van der Waals surface area contributed by atoms with Crippen LogP contribution in [-0.2, 0) is 80.0 Å². The van der Waals surface area contributed by atoms with Crippen LogP contribution in [0.2, 0.25) is 0 Å². The highest BCUT2D eigenvalue weighted by molar-refractivity contribution is 7.81. The number of benzene rings is 2. The van der Waals surface area contributed by atoms with Gasteiger partial charge in [-0.2, -0.15) is 25.3 Å². The lowest BCUT2D eigenvalue weighted by Crippen LogP contribution is -2.63. The molecule has 0 aliphatic rings. The molecule has 0 heterocycles. The molecular formula is C70H118N24O18S2. The molecule has 0 aromatic heterocycles. The highest BCUT2D eigenvalue weighted by atomic mass is 32.1. The number of nitrogens with two attached hydrogens (primary N) is 8. The van der Waals surface area contributed by atoms with Gasteiger partial charge in [0, 0.05) is 36.4 Å². The van der Waals surface area contributed by atoms with Crippen LogP contribution in [0.4, 0.5) is 0 Å². The standard InChI is InChI=1S/C70H118N24O18S2/c1-35(2)30-41(75)55(99)89-48(31-37-13-17-39(96)18-14-37)63(107)94-54(70(4,5)114)66(110)90-49(33-52(76)98)62(106)85-43(11-8-28-81-68(77)78)56(100)86-47(23-27-74)61(105)93-53(36(3)95)65(109)88-46(22-26-73)60(104)83-42(10-6-7-24-71)58(102)92-51(34-113)64(108)87-45(21-25-72)59(103)84-44(12-9-29-82-69(79)80)57(101)91-50(67(111)112)32-38-15-19-40(97)20-16-38/h13-20,35-36,41-51,53-54,95-97,113-114H,6-12,21-34,71-75H2,1-5H3,(H2,76,98)(H,83,104)(H,84,103)(H,85,106)(H,86,100)(H,87,108)(H,88,109)(H,89,99)(H,90,110)(H,91,101)(H,92,102)(H,93,105)(H,94,107)(H,111,112)(H4,77,78,81)(H4,79,80,82)/t36-,41+,42+,43+,44+,45+,46-,47+,48+,49+,50+,51+,53+,54-/m1/s1. The van der Waals surface area contributed by atoms with E-state index in [-0.39, 0.29) is 140 Å². The molecule has 0 saturated heterocycles. The molecule has 14 atom stereocenters. The van der Waals surface area contributed by atoms with Crippen LogP contribution in [0, 0.1) is 16.7 Å². The molecule has 44 heteroatoms. The number of amides is 13. The first-order valence-electron chi connectivity index (χ1n) is 37.0. The van der Waals surface area contributed by atoms with Crippen LogP contribution in [0.1, 0.15) is 123 Å². The Hall–Kier alpha value is -10.4. The highest BCUT2D eigenvalue weighted by Gasteiger charge is 2.41. The van der Waals surface area contributed by atoms with E-state index in [9.17, 15) is 87.5 Å². The van der Waals surface area contributed by atoms with Crippen LogP contribution in [0.25, 0.3) is 0 Å². The summed E-state index contributed by atoms with van der Waals surface area (Å²) in [7, 11) is 0. The number of aromatic hydroxyl groups is 2. The van der Waals surface area contributed by atoms with E-state index in [4.69, 9.17) is 56.7 Å². The molecule has 13 amide bonds. The quantitative estimate of drug-likeness (QED) is 0.0127. The van der Waals surface area contributed by atoms with Gasteiger partial charge in [-0.3, -0.25) is 73.1 Å².